The van der Waals surface area contributed by atoms with Crippen molar-refractivity contribution >= 4 is 5.91 Å². The maximum Gasteiger partial charge on any atom is 0.251 e. The van der Waals surface area contributed by atoms with Gasteiger partial charge in [-0.05, 0) is 19.8 Å². The third kappa shape index (κ3) is 3.53. The number of ether oxygens (including phenoxy) is 1. The van der Waals surface area contributed by atoms with Gasteiger partial charge in [0, 0.05) is 37.9 Å². The molecule has 1 atom stereocenters. The Labute approximate surface area is 129 Å². The molecule has 1 amide bonds. The van der Waals surface area contributed by atoms with Gasteiger partial charge in [-0.25, -0.2) is 4.98 Å². The van der Waals surface area contributed by atoms with Gasteiger partial charge in [-0.3, -0.25) is 14.5 Å². The monoisotopic (exact) mass is 306 g/mol. The van der Waals surface area contributed by atoms with Crippen LogP contribution < -0.4 is 5.56 Å². The molecule has 2 aliphatic heterocycles. The van der Waals surface area contributed by atoms with Crippen LogP contribution in [0.4, 0.5) is 0 Å². The molecule has 0 aliphatic carbocycles. The zero-order valence-corrected chi connectivity index (χ0v) is 12.9. The summed E-state index contributed by atoms with van der Waals surface area (Å²) < 4.78 is 5.71. The highest BCUT2D eigenvalue weighted by atomic mass is 16.5. The fourth-order valence-electron chi connectivity index (χ4n) is 3.02. The lowest BCUT2D eigenvalue weighted by atomic mass is 10.2. The average molecular weight is 306 g/mol. The molecule has 2 aliphatic rings. The highest BCUT2D eigenvalue weighted by molar-refractivity contribution is 5.78. The maximum absolute atomic E-state index is 12.2. The molecule has 0 saturated carbocycles. The first-order valence-corrected chi connectivity index (χ1v) is 7.81. The van der Waals surface area contributed by atoms with Crippen molar-refractivity contribution in [1.82, 2.24) is 19.8 Å². The molecule has 2 saturated heterocycles. The summed E-state index contributed by atoms with van der Waals surface area (Å²) in [5.74, 6) is 0.729. The molecule has 3 rings (SSSR count). The van der Waals surface area contributed by atoms with E-state index in [4.69, 9.17) is 4.74 Å². The van der Waals surface area contributed by atoms with Crippen molar-refractivity contribution in [2.45, 2.75) is 25.9 Å². The number of hydrogen-bond donors (Lipinski definition) is 1. The van der Waals surface area contributed by atoms with Crippen molar-refractivity contribution in [3.8, 4) is 0 Å². The Bertz CT molecular complexity index is 595. The fourth-order valence-corrected chi connectivity index (χ4v) is 3.02. The van der Waals surface area contributed by atoms with Gasteiger partial charge in [0.2, 0.25) is 5.91 Å². The third-order valence-corrected chi connectivity index (χ3v) is 4.16. The molecule has 0 spiro atoms. The van der Waals surface area contributed by atoms with Crippen molar-refractivity contribution in [2.24, 2.45) is 0 Å². The molecule has 22 heavy (non-hydrogen) atoms. The lowest BCUT2D eigenvalue weighted by Crippen LogP contribution is -2.45. The van der Waals surface area contributed by atoms with E-state index in [2.05, 4.69) is 14.9 Å². The number of H-pyrrole nitrogens is 1. The van der Waals surface area contributed by atoms with E-state index in [1.54, 1.807) is 6.92 Å². The van der Waals surface area contributed by atoms with Crippen molar-refractivity contribution in [2.75, 3.05) is 39.3 Å². The van der Waals surface area contributed by atoms with E-state index in [0.29, 0.717) is 31.2 Å². The number of aryl methyl sites for hydroxylation is 1. The third-order valence-electron chi connectivity index (χ3n) is 4.16. The Balaban J connectivity index is 1.63. The minimum atomic E-state index is -0.285. The highest BCUT2D eigenvalue weighted by Gasteiger charge is 2.27. The summed E-state index contributed by atoms with van der Waals surface area (Å²) in [7, 11) is 0. The van der Waals surface area contributed by atoms with Crippen LogP contribution in [0.3, 0.4) is 0 Å². The van der Waals surface area contributed by atoms with Crippen molar-refractivity contribution in [3.05, 3.63) is 27.9 Å². The average Bonchev–Trinajstić information content (AvgIpc) is 3.01. The first-order chi connectivity index (χ1) is 10.6. The molecular formula is C15H22N4O3. The number of hydrogen-bond acceptors (Lipinski definition) is 5. The van der Waals surface area contributed by atoms with Crippen LogP contribution in [0, 0.1) is 6.92 Å². The predicted octanol–water partition coefficient (Wildman–Crippen LogP) is 0.0740. The number of aromatic nitrogens is 2. The van der Waals surface area contributed by atoms with Crippen LogP contribution in [0.1, 0.15) is 30.5 Å². The Kier molecular flexibility index (Phi) is 4.54. The van der Waals surface area contributed by atoms with Crippen LogP contribution in [-0.2, 0) is 9.53 Å². The Morgan fingerprint density at radius 3 is 2.91 bits per heavy atom. The fraction of sp³-hybridized carbons (Fsp3) is 0.667. The SMILES string of the molecule is Cc1cc(=O)[nH]c([C@@H]2CN(CC(=O)N3CCCC3)CCO2)n1. The molecule has 0 aromatic carbocycles. The number of nitrogens with one attached hydrogen (secondary N) is 1. The van der Waals surface area contributed by atoms with E-state index in [0.717, 1.165) is 32.5 Å². The van der Waals surface area contributed by atoms with E-state index in [1.807, 2.05) is 4.90 Å². The Morgan fingerprint density at radius 2 is 2.18 bits per heavy atom. The highest BCUT2D eigenvalue weighted by Crippen LogP contribution is 2.19. The predicted molar refractivity (Wildman–Crippen MR) is 80.5 cm³/mol. The molecule has 120 valence electrons. The second kappa shape index (κ2) is 6.58. The molecule has 3 heterocycles. The summed E-state index contributed by atoms with van der Waals surface area (Å²) in [4.78, 5) is 34.9. The topological polar surface area (TPSA) is 78.5 Å². The smallest absolute Gasteiger partial charge is 0.251 e. The van der Waals surface area contributed by atoms with Gasteiger partial charge in [-0.1, -0.05) is 0 Å². The summed E-state index contributed by atoms with van der Waals surface area (Å²) in [6.45, 7) is 5.79. The Morgan fingerprint density at radius 1 is 1.41 bits per heavy atom. The summed E-state index contributed by atoms with van der Waals surface area (Å²) in [6.07, 6.45) is 1.92. The first-order valence-electron chi connectivity index (χ1n) is 7.81. The van der Waals surface area contributed by atoms with Gasteiger partial charge in [-0.15, -0.1) is 0 Å². The second-order valence-electron chi connectivity index (χ2n) is 5.95. The van der Waals surface area contributed by atoms with Crippen LogP contribution in [0.15, 0.2) is 10.9 Å². The van der Waals surface area contributed by atoms with Gasteiger partial charge in [0.05, 0.1) is 13.2 Å². The van der Waals surface area contributed by atoms with Crippen LogP contribution >= 0.6 is 0 Å². The number of amides is 1. The van der Waals surface area contributed by atoms with Crippen LogP contribution in [0.2, 0.25) is 0 Å². The number of aromatic amines is 1. The number of carbonyl (C=O) groups excluding carboxylic acids is 1. The zero-order valence-electron chi connectivity index (χ0n) is 12.9. The number of likely N-dealkylation sites (tertiary alicyclic amines) is 1. The lowest BCUT2D eigenvalue weighted by molar-refractivity contribution is -0.133. The minimum Gasteiger partial charge on any atom is -0.368 e. The summed E-state index contributed by atoms with van der Waals surface area (Å²) in [6, 6.07) is 1.46. The molecule has 2 fully saturated rings. The zero-order chi connectivity index (χ0) is 15.5. The molecule has 7 nitrogen and oxygen atoms in total. The number of nitrogens with zero attached hydrogens (tertiary/aromatic N) is 3. The Hall–Kier alpha value is -1.73. The lowest BCUT2D eigenvalue weighted by Gasteiger charge is -2.32. The van der Waals surface area contributed by atoms with Crippen LogP contribution in [-0.4, -0.2) is 65.0 Å². The van der Waals surface area contributed by atoms with Gasteiger partial charge in [0.15, 0.2) is 0 Å². The van der Waals surface area contributed by atoms with Crippen molar-refractivity contribution < 1.29 is 9.53 Å². The standard InChI is InChI=1S/C15H22N4O3/c1-11-8-13(20)17-15(16-11)12-9-18(6-7-22-12)10-14(21)19-4-2-3-5-19/h8,12H,2-7,9-10H2,1H3,(H,16,17,20)/t12-/m0/s1. The van der Waals surface area contributed by atoms with E-state index in [-0.39, 0.29) is 17.6 Å². The van der Waals surface area contributed by atoms with Gasteiger partial charge in [-0.2, -0.15) is 0 Å². The first kappa shape index (κ1) is 15.2. The van der Waals surface area contributed by atoms with Gasteiger partial charge >= 0.3 is 0 Å². The quantitative estimate of drug-likeness (QED) is 0.855. The maximum atomic E-state index is 12.2. The van der Waals surface area contributed by atoms with E-state index < -0.39 is 0 Å². The summed E-state index contributed by atoms with van der Waals surface area (Å²) in [5.41, 5.74) is 0.504. The van der Waals surface area contributed by atoms with Gasteiger partial charge in [0.1, 0.15) is 11.9 Å². The second-order valence-corrected chi connectivity index (χ2v) is 5.95. The summed E-state index contributed by atoms with van der Waals surface area (Å²) in [5, 5.41) is 0. The summed E-state index contributed by atoms with van der Waals surface area (Å²) >= 11 is 0. The number of morpholine rings is 1. The van der Waals surface area contributed by atoms with Crippen molar-refractivity contribution in [3.63, 3.8) is 0 Å². The molecule has 1 aromatic heterocycles. The van der Waals surface area contributed by atoms with Crippen LogP contribution in [0.5, 0.6) is 0 Å². The minimum absolute atomic E-state index is 0.170. The van der Waals surface area contributed by atoms with E-state index in [9.17, 15) is 9.59 Å². The molecule has 0 radical (unpaired) electrons. The molecule has 1 aromatic rings. The van der Waals surface area contributed by atoms with Crippen molar-refractivity contribution in [1.29, 1.82) is 0 Å². The molecule has 7 heteroatoms. The molecular weight excluding hydrogens is 284 g/mol. The number of carbonyl (C=O) groups is 1. The molecule has 1 N–H and O–H groups in total. The number of rotatable bonds is 3. The molecule has 0 bridgehead atoms. The van der Waals surface area contributed by atoms with Gasteiger partial charge in [0.25, 0.3) is 5.56 Å². The largest absolute Gasteiger partial charge is 0.368 e. The van der Waals surface area contributed by atoms with E-state index in [1.165, 1.54) is 6.07 Å². The van der Waals surface area contributed by atoms with Gasteiger partial charge < -0.3 is 14.6 Å². The molecule has 0 unspecified atom stereocenters. The van der Waals surface area contributed by atoms with Crippen LogP contribution in [0.25, 0.3) is 0 Å². The normalized spacial score (nSPS) is 23.0. The van der Waals surface area contributed by atoms with E-state index >= 15 is 0 Å².